The number of amides is 2. The lowest BCUT2D eigenvalue weighted by Crippen LogP contribution is -2.21. The summed E-state index contributed by atoms with van der Waals surface area (Å²) >= 11 is 1.18. The fourth-order valence-electron chi connectivity index (χ4n) is 3.11. The van der Waals surface area contributed by atoms with Crippen LogP contribution in [-0.2, 0) is 20.7 Å². The van der Waals surface area contributed by atoms with Crippen molar-refractivity contribution in [2.75, 3.05) is 39.7 Å². The van der Waals surface area contributed by atoms with Gasteiger partial charge in [-0.3, -0.25) is 19.7 Å². The van der Waals surface area contributed by atoms with E-state index in [1.165, 1.54) is 40.6 Å². The van der Waals surface area contributed by atoms with E-state index in [1.54, 1.807) is 46.5 Å². The van der Waals surface area contributed by atoms with Gasteiger partial charge in [0.2, 0.25) is 17.6 Å². The van der Waals surface area contributed by atoms with E-state index in [0.29, 0.717) is 23.0 Å². The van der Waals surface area contributed by atoms with Gasteiger partial charge in [-0.15, -0.1) is 11.3 Å². The summed E-state index contributed by atoms with van der Waals surface area (Å²) in [7, 11) is 4.84. The quantitative estimate of drug-likeness (QED) is 0.338. The van der Waals surface area contributed by atoms with E-state index in [2.05, 4.69) is 20.3 Å². The fraction of sp³-hybridized carbons (Fsp3) is 0.360. The van der Waals surface area contributed by atoms with Gasteiger partial charge in [0, 0.05) is 51.0 Å². The van der Waals surface area contributed by atoms with E-state index in [-0.39, 0.29) is 48.2 Å². The van der Waals surface area contributed by atoms with E-state index in [9.17, 15) is 14.4 Å². The molecule has 0 unspecified atom stereocenters. The van der Waals surface area contributed by atoms with Crippen LogP contribution < -0.4 is 14.8 Å². The molecule has 38 heavy (non-hydrogen) atoms. The van der Waals surface area contributed by atoms with E-state index in [1.807, 2.05) is 0 Å². The summed E-state index contributed by atoms with van der Waals surface area (Å²) in [5, 5.41) is 4.69. The number of thiazole rings is 1. The molecule has 0 spiro atoms. The Kier molecular flexibility index (Phi) is 10.1. The van der Waals surface area contributed by atoms with Crippen molar-refractivity contribution < 1.29 is 33.3 Å². The molecule has 3 rings (SSSR count). The van der Waals surface area contributed by atoms with Crippen LogP contribution in [0.15, 0.2) is 35.8 Å². The van der Waals surface area contributed by atoms with Crippen LogP contribution in [0.1, 0.15) is 40.3 Å². The summed E-state index contributed by atoms with van der Waals surface area (Å²) in [6, 6.07) is 6.00. The van der Waals surface area contributed by atoms with Crippen LogP contribution in [0, 0.1) is 0 Å². The van der Waals surface area contributed by atoms with Gasteiger partial charge in [-0.1, -0.05) is 0 Å². The summed E-state index contributed by atoms with van der Waals surface area (Å²) in [5.41, 5.74) is 1.07. The number of nitrogens with one attached hydrogen (secondary N) is 1. The van der Waals surface area contributed by atoms with Crippen LogP contribution in [0.3, 0.4) is 0 Å². The molecule has 13 heteroatoms. The van der Waals surface area contributed by atoms with Gasteiger partial charge in [0.25, 0.3) is 11.8 Å². The summed E-state index contributed by atoms with van der Waals surface area (Å²) in [5.74, 6) is -0.719. The first-order valence-electron chi connectivity index (χ1n) is 11.6. The van der Waals surface area contributed by atoms with Gasteiger partial charge < -0.3 is 23.8 Å². The molecule has 3 heterocycles. The van der Waals surface area contributed by atoms with Crippen molar-refractivity contribution >= 4 is 34.3 Å². The van der Waals surface area contributed by atoms with Crippen molar-refractivity contribution in [3.63, 3.8) is 0 Å². The molecule has 202 valence electrons. The van der Waals surface area contributed by atoms with Gasteiger partial charge in [0.15, 0.2) is 5.13 Å². The highest BCUT2D eigenvalue weighted by atomic mass is 32.1. The highest BCUT2D eigenvalue weighted by molar-refractivity contribution is 7.14. The third-order valence-electron chi connectivity index (χ3n) is 4.77. The van der Waals surface area contributed by atoms with Gasteiger partial charge in [0.1, 0.15) is 6.10 Å². The Bertz CT molecular complexity index is 1260. The molecule has 0 saturated carbocycles. The molecule has 0 saturated heterocycles. The second-order valence-electron chi connectivity index (χ2n) is 8.18. The minimum atomic E-state index is -0.488. The highest BCUT2D eigenvalue weighted by Crippen LogP contribution is 2.25. The minimum Gasteiger partial charge on any atom is -0.472 e. The Morgan fingerprint density at radius 2 is 1.84 bits per heavy atom. The normalized spacial score (nSPS) is 11.4. The van der Waals surface area contributed by atoms with Crippen molar-refractivity contribution in [3.8, 4) is 17.6 Å². The number of hydrogen-bond acceptors (Lipinski definition) is 11. The maximum Gasteiger partial charge on any atom is 0.311 e. The molecule has 0 aliphatic carbocycles. The van der Waals surface area contributed by atoms with E-state index < -0.39 is 11.9 Å². The number of aromatic nitrogens is 3. The van der Waals surface area contributed by atoms with Crippen LogP contribution in [0.4, 0.5) is 5.13 Å². The smallest absolute Gasteiger partial charge is 0.311 e. The zero-order chi connectivity index (χ0) is 27.7. The van der Waals surface area contributed by atoms with Crippen molar-refractivity contribution in [3.05, 3.63) is 52.7 Å². The first kappa shape index (κ1) is 28.5. The Balaban J connectivity index is 1.80. The lowest BCUT2D eigenvalue weighted by Gasteiger charge is -2.15. The minimum absolute atomic E-state index is 0.00869. The van der Waals surface area contributed by atoms with Crippen LogP contribution in [0.5, 0.6) is 17.6 Å². The number of nitrogens with zero attached hydrogens (tertiary/aromatic N) is 4. The summed E-state index contributed by atoms with van der Waals surface area (Å²) in [4.78, 5) is 51.0. The lowest BCUT2D eigenvalue weighted by atomic mass is 10.2. The molecule has 0 aliphatic rings. The van der Waals surface area contributed by atoms with Gasteiger partial charge in [0.05, 0.1) is 36.5 Å². The van der Waals surface area contributed by atoms with Crippen LogP contribution in [0.25, 0.3) is 0 Å². The third-order valence-corrected chi connectivity index (χ3v) is 5.57. The number of carbonyl (C=O) groups is 3. The Morgan fingerprint density at radius 3 is 2.50 bits per heavy atom. The number of methoxy groups -OCH3 is 1. The zero-order valence-electron chi connectivity index (χ0n) is 21.7. The molecule has 0 fully saturated rings. The van der Waals surface area contributed by atoms with Gasteiger partial charge >= 0.3 is 5.97 Å². The molecule has 3 aromatic rings. The standard InChI is InChI=1S/C25H29N5O7S/c1-6-35-22(31)11-18-14-38-25(27-18)29-23(32)17-9-20(36-15(2)13-34-5)28-21(10-17)37-19-8-7-16(12-26-19)24(33)30(3)4/h7-10,12,14-15H,6,11,13H2,1-5H3,(H,27,29,32)/t15-/m1/s1. The Hall–Kier alpha value is -4.10. The van der Waals surface area contributed by atoms with Gasteiger partial charge in [-0.2, -0.15) is 4.98 Å². The number of rotatable bonds is 12. The molecule has 0 aromatic carbocycles. The van der Waals surface area contributed by atoms with Crippen molar-refractivity contribution in [1.82, 2.24) is 19.9 Å². The highest BCUT2D eigenvalue weighted by Gasteiger charge is 2.17. The van der Waals surface area contributed by atoms with Crippen molar-refractivity contribution in [1.29, 1.82) is 0 Å². The lowest BCUT2D eigenvalue weighted by molar-refractivity contribution is -0.142. The maximum absolute atomic E-state index is 13.0. The fourth-order valence-corrected chi connectivity index (χ4v) is 3.81. The molecular formula is C25H29N5O7S. The molecule has 0 bridgehead atoms. The first-order chi connectivity index (χ1) is 18.2. The maximum atomic E-state index is 13.0. The summed E-state index contributed by atoms with van der Waals surface area (Å²) in [6.07, 6.45) is 1.05. The average Bonchev–Trinajstić information content (AvgIpc) is 3.30. The number of hydrogen-bond donors (Lipinski definition) is 1. The van der Waals surface area contributed by atoms with Gasteiger partial charge in [-0.05, 0) is 19.9 Å². The number of anilines is 1. The summed E-state index contributed by atoms with van der Waals surface area (Å²) < 4.78 is 21.6. The number of carbonyl (C=O) groups excluding carboxylic acids is 3. The topological polar surface area (TPSA) is 142 Å². The molecule has 0 radical (unpaired) electrons. The van der Waals surface area contributed by atoms with E-state index in [4.69, 9.17) is 18.9 Å². The zero-order valence-corrected chi connectivity index (χ0v) is 22.5. The number of esters is 1. The average molecular weight is 544 g/mol. The molecule has 1 N–H and O–H groups in total. The largest absolute Gasteiger partial charge is 0.472 e. The monoisotopic (exact) mass is 543 g/mol. The predicted octanol–water partition coefficient (Wildman–Crippen LogP) is 3.20. The SMILES string of the molecule is CCOC(=O)Cc1csc(NC(=O)c2cc(Oc3ccc(C(=O)N(C)C)cn3)nc(O[C@H](C)COC)c2)n1. The van der Waals surface area contributed by atoms with Crippen molar-refractivity contribution in [2.24, 2.45) is 0 Å². The third kappa shape index (κ3) is 8.21. The molecule has 12 nitrogen and oxygen atoms in total. The Labute approximate surface area is 223 Å². The van der Waals surface area contributed by atoms with Crippen LogP contribution in [-0.4, -0.2) is 78.2 Å². The molecule has 0 aliphatic heterocycles. The molecule has 2 amide bonds. The second-order valence-corrected chi connectivity index (χ2v) is 9.04. The predicted molar refractivity (Wildman–Crippen MR) is 139 cm³/mol. The van der Waals surface area contributed by atoms with E-state index in [0.717, 1.165) is 0 Å². The second kappa shape index (κ2) is 13.4. The number of ether oxygens (including phenoxy) is 4. The summed E-state index contributed by atoms with van der Waals surface area (Å²) in [6.45, 7) is 4.10. The molecule has 3 aromatic heterocycles. The molecule has 1 atom stereocenters. The number of pyridine rings is 2. The van der Waals surface area contributed by atoms with Crippen LogP contribution >= 0.6 is 11.3 Å². The Morgan fingerprint density at radius 1 is 1.08 bits per heavy atom. The van der Waals surface area contributed by atoms with Crippen molar-refractivity contribution in [2.45, 2.75) is 26.4 Å². The first-order valence-corrected chi connectivity index (χ1v) is 12.5. The van der Waals surface area contributed by atoms with E-state index >= 15 is 0 Å². The van der Waals surface area contributed by atoms with Crippen LogP contribution in [0.2, 0.25) is 0 Å². The van der Waals surface area contributed by atoms with Gasteiger partial charge in [-0.25, -0.2) is 9.97 Å². The molecular weight excluding hydrogens is 514 g/mol.